The second kappa shape index (κ2) is 6.51. The first kappa shape index (κ1) is 13.8. The van der Waals surface area contributed by atoms with Crippen LogP contribution in [-0.4, -0.2) is 34.6 Å². The molecule has 2 aromatic carbocycles. The van der Waals surface area contributed by atoms with Crippen LogP contribution in [0.5, 0.6) is 0 Å². The molecular formula is C14H15N3O3. The Morgan fingerprint density at radius 1 is 1.25 bits per heavy atom. The fourth-order valence-corrected chi connectivity index (χ4v) is 2.11. The number of hydrogen-bond acceptors (Lipinski definition) is 4. The zero-order chi connectivity index (χ0) is 14.4. The molecule has 20 heavy (non-hydrogen) atoms. The summed E-state index contributed by atoms with van der Waals surface area (Å²) in [7, 11) is 0. The summed E-state index contributed by atoms with van der Waals surface area (Å²) in [6.45, 7) is 2.95. The molecule has 1 aliphatic rings. The Balaban J connectivity index is 0.000000328. The predicted molar refractivity (Wildman–Crippen MR) is 76.5 cm³/mol. The number of hydrogen-bond donors (Lipinski definition) is 1. The van der Waals surface area contributed by atoms with E-state index in [-0.39, 0.29) is 0 Å². The molecule has 2 aromatic rings. The van der Waals surface area contributed by atoms with Crippen LogP contribution in [0.15, 0.2) is 47.5 Å². The van der Waals surface area contributed by atoms with E-state index in [2.05, 4.69) is 52.4 Å². The minimum absolute atomic E-state index is 0.938. The van der Waals surface area contributed by atoms with E-state index in [0.29, 0.717) is 0 Å². The molecule has 6 heteroatoms. The monoisotopic (exact) mass is 273 g/mol. The average Bonchev–Trinajstić information content (AvgIpc) is 2.91. The van der Waals surface area contributed by atoms with E-state index < -0.39 is 5.09 Å². The van der Waals surface area contributed by atoms with Crippen molar-refractivity contribution in [2.75, 3.05) is 13.1 Å². The van der Waals surface area contributed by atoms with Crippen LogP contribution in [0.3, 0.4) is 0 Å². The Hall–Kier alpha value is -2.63. The first-order valence-electron chi connectivity index (χ1n) is 6.20. The van der Waals surface area contributed by atoms with Gasteiger partial charge in [-0.15, -0.1) is 10.1 Å². The lowest BCUT2D eigenvalue weighted by Crippen LogP contribution is -2.18. The van der Waals surface area contributed by atoms with Crippen LogP contribution in [0.1, 0.15) is 5.56 Å². The Bertz CT molecular complexity index is 624. The molecule has 0 fully saturated rings. The van der Waals surface area contributed by atoms with Gasteiger partial charge in [-0.2, -0.15) is 0 Å². The Morgan fingerprint density at radius 3 is 2.60 bits per heavy atom. The van der Waals surface area contributed by atoms with Crippen LogP contribution in [0.2, 0.25) is 0 Å². The fourth-order valence-electron chi connectivity index (χ4n) is 2.11. The van der Waals surface area contributed by atoms with E-state index in [0.717, 1.165) is 19.6 Å². The summed E-state index contributed by atoms with van der Waals surface area (Å²) in [4.78, 5) is 14.8. The van der Waals surface area contributed by atoms with Crippen molar-refractivity contribution in [1.29, 1.82) is 0 Å². The van der Waals surface area contributed by atoms with Gasteiger partial charge in [0.25, 0.3) is 5.09 Å². The van der Waals surface area contributed by atoms with Gasteiger partial charge in [-0.3, -0.25) is 4.99 Å². The third kappa shape index (κ3) is 3.94. The van der Waals surface area contributed by atoms with Crippen molar-refractivity contribution in [3.63, 3.8) is 0 Å². The highest BCUT2D eigenvalue weighted by atomic mass is 16.9. The highest BCUT2D eigenvalue weighted by molar-refractivity contribution is 5.83. The SMILES string of the molecule is C1=NCCN1Cc1ccc2ccccc2c1.O=[N+]([O-])O. The summed E-state index contributed by atoms with van der Waals surface area (Å²) < 4.78 is 0. The molecule has 104 valence electrons. The van der Waals surface area contributed by atoms with E-state index in [1.54, 1.807) is 0 Å². The van der Waals surface area contributed by atoms with E-state index in [9.17, 15) is 0 Å². The van der Waals surface area contributed by atoms with Crippen molar-refractivity contribution in [2.24, 2.45) is 4.99 Å². The van der Waals surface area contributed by atoms with Gasteiger partial charge in [0.2, 0.25) is 0 Å². The molecular weight excluding hydrogens is 258 g/mol. The van der Waals surface area contributed by atoms with Crippen LogP contribution < -0.4 is 0 Å². The van der Waals surface area contributed by atoms with Gasteiger partial charge >= 0.3 is 0 Å². The minimum Gasteiger partial charge on any atom is -0.357 e. The van der Waals surface area contributed by atoms with Crippen molar-refractivity contribution in [1.82, 2.24) is 4.90 Å². The van der Waals surface area contributed by atoms with E-state index in [1.165, 1.54) is 16.3 Å². The second-order valence-electron chi connectivity index (χ2n) is 4.41. The Morgan fingerprint density at radius 2 is 1.95 bits per heavy atom. The van der Waals surface area contributed by atoms with Gasteiger partial charge in [0.05, 0.1) is 12.9 Å². The van der Waals surface area contributed by atoms with Crippen molar-refractivity contribution < 1.29 is 10.3 Å². The van der Waals surface area contributed by atoms with Gasteiger partial charge in [0.1, 0.15) is 0 Å². The first-order valence-corrected chi connectivity index (χ1v) is 6.20. The van der Waals surface area contributed by atoms with Crippen LogP contribution in [0, 0.1) is 10.1 Å². The van der Waals surface area contributed by atoms with E-state index in [1.807, 2.05) is 6.34 Å². The number of benzene rings is 2. The van der Waals surface area contributed by atoms with E-state index >= 15 is 0 Å². The number of rotatable bonds is 2. The Kier molecular flexibility index (Phi) is 4.49. The molecule has 6 nitrogen and oxygen atoms in total. The van der Waals surface area contributed by atoms with Crippen LogP contribution in [0.25, 0.3) is 10.8 Å². The number of aliphatic imine (C=N–C) groups is 1. The zero-order valence-corrected chi connectivity index (χ0v) is 10.8. The third-order valence-corrected chi connectivity index (χ3v) is 2.96. The lowest BCUT2D eigenvalue weighted by atomic mass is 10.1. The molecule has 0 aliphatic carbocycles. The molecule has 0 bridgehead atoms. The average molecular weight is 273 g/mol. The molecule has 0 amide bonds. The van der Waals surface area contributed by atoms with Crippen LogP contribution in [0.4, 0.5) is 0 Å². The molecule has 1 N–H and O–H groups in total. The van der Waals surface area contributed by atoms with Crippen molar-refractivity contribution in [2.45, 2.75) is 6.54 Å². The largest absolute Gasteiger partial charge is 0.357 e. The third-order valence-electron chi connectivity index (χ3n) is 2.96. The normalized spacial score (nSPS) is 13.1. The van der Waals surface area contributed by atoms with Crippen molar-refractivity contribution in [3.05, 3.63) is 58.1 Å². The van der Waals surface area contributed by atoms with Gasteiger partial charge in [-0.25, -0.2) is 0 Å². The summed E-state index contributed by atoms with van der Waals surface area (Å²) in [6, 6.07) is 15.1. The van der Waals surface area contributed by atoms with Gasteiger partial charge in [-0.1, -0.05) is 36.4 Å². The quantitative estimate of drug-likeness (QED) is 0.672. The first-order chi connectivity index (χ1) is 9.65. The van der Waals surface area contributed by atoms with Gasteiger partial charge in [0.15, 0.2) is 0 Å². The van der Waals surface area contributed by atoms with Crippen molar-refractivity contribution >= 4 is 17.1 Å². The fraction of sp³-hybridized carbons (Fsp3) is 0.214. The maximum atomic E-state index is 8.36. The maximum absolute atomic E-state index is 8.36. The zero-order valence-electron chi connectivity index (χ0n) is 10.8. The highest BCUT2D eigenvalue weighted by Gasteiger charge is 2.06. The summed E-state index contributed by atoms with van der Waals surface area (Å²) >= 11 is 0. The topological polar surface area (TPSA) is 79.0 Å². The molecule has 3 rings (SSSR count). The summed E-state index contributed by atoms with van der Waals surface area (Å²) in [5.41, 5.74) is 1.35. The molecule has 1 aliphatic heterocycles. The molecule has 0 aromatic heterocycles. The smallest absolute Gasteiger partial charge is 0.291 e. The van der Waals surface area contributed by atoms with Gasteiger partial charge in [-0.05, 0) is 22.4 Å². The predicted octanol–water partition coefficient (Wildman–Crippen LogP) is 2.34. The van der Waals surface area contributed by atoms with Crippen molar-refractivity contribution in [3.8, 4) is 0 Å². The summed E-state index contributed by atoms with van der Waals surface area (Å²) in [5.74, 6) is 0. The highest BCUT2D eigenvalue weighted by Crippen LogP contribution is 2.16. The minimum atomic E-state index is -1.50. The standard InChI is InChI=1S/C14H14N2.HNO3/c1-2-4-14-9-12(5-6-13(14)3-1)10-16-8-7-15-11-16;2-1(3)4/h1-6,9,11H,7-8,10H2;(H,2,3,4). The molecule has 0 radical (unpaired) electrons. The lowest BCUT2D eigenvalue weighted by molar-refractivity contribution is -0.742. The Labute approximate surface area is 116 Å². The van der Waals surface area contributed by atoms with Crippen LogP contribution >= 0.6 is 0 Å². The van der Waals surface area contributed by atoms with Gasteiger partial charge in [0, 0.05) is 13.1 Å². The molecule has 0 spiro atoms. The number of nitrogens with zero attached hydrogens (tertiary/aromatic N) is 3. The van der Waals surface area contributed by atoms with Gasteiger partial charge < -0.3 is 10.1 Å². The second-order valence-corrected chi connectivity index (χ2v) is 4.41. The lowest BCUT2D eigenvalue weighted by Gasteiger charge is -2.13. The molecule has 0 saturated heterocycles. The maximum Gasteiger partial charge on any atom is 0.291 e. The number of fused-ring (bicyclic) bond motifs is 1. The van der Waals surface area contributed by atoms with E-state index in [4.69, 9.17) is 15.3 Å². The molecule has 1 heterocycles. The molecule has 0 unspecified atom stereocenters. The molecule has 0 atom stereocenters. The molecule has 0 saturated carbocycles. The summed E-state index contributed by atoms with van der Waals surface area (Å²) in [5, 5.41) is 16.3. The summed E-state index contributed by atoms with van der Waals surface area (Å²) in [6.07, 6.45) is 1.95. The van der Waals surface area contributed by atoms with Crippen LogP contribution in [-0.2, 0) is 6.54 Å².